The summed E-state index contributed by atoms with van der Waals surface area (Å²) in [5, 5.41) is 3.29. The highest BCUT2D eigenvalue weighted by molar-refractivity contribution is 5.94. The fourth-order valence-corrected chi connectivity index (χ4v) is 3.41. The Morgan fingerprint density at radius 1 is 0.815 bits per heavy atom. The largest absolute Gasteiger partial charge is 0.325 e. The Hall–Kier alpha value is -2.09. The van der Waals surface area contributed by atoms with Gasteiger partial charge in [-0.15, -0.1) is 0 Å². The van der Waals surface area contributed by atoms with Crippen LogP contribution in [0.1, 0.15) is 88.5 Å². The molecule has 27 heavy (non-hydrogen) atoms. The van der Waals surface area contributed by atoms with Gasteiger partial charge in [-0.05, 0) is 46.4 Å². The first kappa shape index (κ1) is 21.2. The Balaban J connectivity index is 2.34. The lowest BCUT2D eigenvalue weighted by Crippen LogP contribution is -2.24. The quantitative estimate of drug-likeness (QED) is 0.569. The van der Waals surface area contributed by atoms with Gasteiger partial charge < -0.3 is 5.32 Å². The molecule has 0 aliphatic heterocycles. The molecule has 0 heterocycles. The van der Waals surface area contributed by atoms with Gasteiger partial charge in [0.1, 0.15) is 0 Å². The fourth-order valence-electron chi connectivity index (χ4n) is 3.41. The van der Waals surface area contributed by atoms with Crippen molar-refractivity contribution >= 4 is 11.6 Å². The molecule has 0 aliphatic rings. The van der Waals surface area contributed by atoms with Gasteiger partial charge >= 0.3 is 0 Å². The van der Waals surface area contributed by atoms with Crippen LogP contribution in [0, 0.1) is 5.92 Å². The van der Waals surface area contributed by atoms with Gasteiger partial charge in [-0.25, -0.2) is 0 Å². The molecule has 2 aromatic carbocycles. The van der Waals surface area contributed by atoms with Crippen LogP contribution in [-0.4, -0.2) is 5.91 Å². The Morgan fingerprint density at radius 3 is 1.78 bits per heavy atom. The van der Waals surface area contributed by atoms with Gasteiger partial charge in [0, 0.05) is 11.6 Å². The van der Waals surface area contributed by atoms with Crippen molar-refractivity contribution in [1.82, 2.24) is 0 Å². The maximum absolute atomic E-state index is 13.0. The van der Waals surface area contributed by atoms with E-state index in [-0.39, 0.29) is 11.8 Å². The number of carbonyl (C=O) groups is 1. The molecule has 1 amide bonds. The van der Waals surface area contributed by atoms with E-state index in [0.29, 0.717) is 17.8 Å². The number of rotatable bonds is 7. The maximum Gasteiger partial charge on any atom is 0.227 e. The molecule has 1 N–H and O–H groups in total. The minimum Gasteiger partial charge on any atom is -0.325 e. The lowest BCUT2D eigenvalue weighted by atomic mass is 9.87. The zero-order valence-corrected chi connectivity index (χ0v) is 18.0. The summed E-state index contributed by atoms with van der Waals surface area (Å²) in [7, 11) is 0. The third kappa shape index (κ3) is 5.45. The summed E-state index contributed by atoms with van der Waals surface area (Å²) >= 11 is 0. The topological polar surface area (TPSA) is 29.1 Å². The van der Waals surface area contributed by atoms with E-state index in [4.69, 9.17) is 0 Å². The SMILES string of the molecule is CC(C)c1cc(C(C)C)c(NC(=O)[C@@H](C)Cc2ccccc2)c(C(C)C)c1. The number of hydrogen-bond donors (Lipinski definition) is 1. The molecule has 0 radical (unpaired) electrons. The summed E-state index contributed by atoms with van der Waals surface area (Å²) < 4.78 is 0. The van der Waals surface area contributed by atoms with E-state index >= 15 is 0 Å². The molecule has 0 saturated heterocycles. The number of amides is 1. The van der Waals surface area contributed by atoms with E-state index in [2.05, 4.69) is 71.1 Å². The van der Waals surface area contributed by atoms with Crippen LogP contribution < -0.4 is 5.32 Å². The summed E-state index contributed by atoms with van der Waals surface area (Å²) in [5.74, 6) is 1.22. The van der Waals surface area contributed by atoms with Crippen LogP contribution in [0.25, 0.3) is 0 Å². The fraction of sp³-hybridized carbons (Fsp3) is 0.480. The molecule has 146 valence electrons. The minimum atomic E-state index is -0.0720. The molecule has 2 heteroatoms. The summed E-state index contributed by atoms with van der Waals surface area (Å²) in [5.41, 5.74) is 6.05. The molecular weight excluding hydrogens is 330 g/mol. The lowest BCUT2D eigenvalue weighted by Gasteiger charge is -2.24. The van der Waals surface area contributed by atoms with Crippen molar-refractivity contribution in [2.75, 3.05) is 5.32 Å². The van der Waals surface area contributed by atoms with Crippen molar-refractivity contribution in [3.05, 3.63) is 64.7 Å². The van der Waals surface area contributed by atoms with Crippen molar-refractivity contribution in [1.29, 1.82) is 0 Å². The van der Waals surface area contributed by atoms with Gasteiger partial charge in [0.25, 0.3) is 0 Å². The predicted molar refractivity (Wildman–Crippen MR) is 117 cm³/mol. The predicted octanol–water partition coefficient (Wildman–Crippen LogP) is 6.87. The number of hydrogen-bond acceptors (Lipinski definition) is 1. The molecule has 0 fully saturated rings. The third-order valence-corrected chi connectivity index (χ3v) is 5.21. The normalized spacial score (nSPS) is 12.7. The van der Waals surface area contributed by atoms with Crippen molar-refractivity contribution in [3.63, 3.8) is 0 Å². The zero-order chi connectivity index (χ0) is 20.1. The number of carbonyl (C=O) groups excluding carboxylic acids is 1. The molecule has 0 spiro atoms. The second kappa shape index (κ2) is 9.21. The second-order valence-corrected chi connectivity index (χ2v) is 8.62. The van der Waals surface area contributed by atoms with Gasteiger partial charge in [-0.2, -0.15) is 0 Å². The first-order valence-corrected chi connectivity index (χ1v) is 10.2. The number of anilines is 1. The van der Waals surface area contributed by atoms with Crippen molar-refractivity contribution in [2.45, 2.75) is 72.6 Å². The van der Waals surface area contributed by atoms with Gasteiger partial charge in [0.2, 0.25) is 5.91 Å². The molecule has 0 unspecified atom stereocenters. The van der Waals surface area contributed by atoms with Crippen LogP contribution in [0.3, 0.4) is 0 Å². The minimum absolute atomic E-state index is 0.0720. The molecule has 1 atom stereocenters. The highest BCUT2D eigenvalue weighted by atomic mass is 16.1. The van der Waals surface area contributed by atoms with Gasteiger partial charge in [-0.1, -0.05) is 90.9 Å². The molecule has 0 bridgehead atoms. The molecule has 0 aromatic heterocycles. The monoisotopic (exact) mass is 365 g/mol. The third-order valence-electron chi connectivity index (χ3n) is 5.21. The van der Waals surface area contributed by atoms with Crippen molar-refractivity contribution in [3.8, 4) is 0 Å². The van der Waals surface area contributed by atoms with E-state index in [9.17, 15) is 4.79 Å². The Bertz CT molecular complexity index is 730. The summed E-state index contributed by atoms with van der Waals surface area (Å²) in [6.07, 6.45) is 0.755. The molecule has 2 aromatic rings. The highest BCUT2D eigenvalue weighted by Gasteiger charge is 2.21. The van der Waals surface area contributed by atoms with Gasteiger partial charge in [0.05, 0.1) is 0 Å². The summed E-state index contributed by atoms with van der Waals surface area (Å²) in [6, 6.07) is 14.8. The van der Waals surface area contributed by atoms with Crippen LogP contribution in [0.4, 0.5) is 5.69 Å². The van der Waals surface area contributed by atoms with Crippen LogP contribution in [0.5, 0.6) is 0 Å². The Kier molecular flexibility index (Phi) is 7.24. The molecule has 0 saturated carbocycles. The Labute approximate surface area is 165 Å². The van der Waals surface area contributed by atoms with E-state index in [0.717, 1.165) is 12.1 Å². The van der Waals surface area contributed by atoms with E-state index in [1.807, 2.05) is 25.1 Å². The number of nitrogens with one attached hydrogen (secondary N) is 1. The van der Waals surface area contributed by atoms with Crippen LogP contribution in [0.15, 0.2) is 42.5 Å². The molecule has 2 nitrogen and oxygen atoms in total. The lowest BCUT2D eigenvalue weighted by molar-refractivity contribution is -0.119. The van der Waals surface area contributed by atoms with Gasteiger partial charge in [0.15, 0.2) is 0 Å². The summed E-state index contributed by atoms with van der Waals surface area (Å²) in [4.78, 5) is 13.0. The first-order valence-electron chi connectivity index (χ1n) is 10.2. The van der Waals surface area contributed by atoms with E-state index in [1.165, 1.54) is 22.3 Å². The average molecular weight is 366 g/mol. The van der Waals surface area contributed by atoms with Crippen molar-refractivity contribution in [2.24, 2.45) is 5.92 Å². The standard InChI is InChI=1S/C25H35NO/c1-16(2)21-14-22(17(3)4)24(23(15-21)18(5)6)26-25(27)19(7)13-20-11-9-8-10-12-20/h8-12,14-19H,13H2,1-7H3,(H,26,27)/t19-/m0/s1. The average Bonchev–Trinajstić information content (AvgIpc) is 2.61. The van der Waals surface area contributed by atoms with Crippen LogP contribution in [-0.2, 0) is 11.2 Å². The van der Waals surface area contributed by atoms with Gasteiger partial charge in [-0.3, -0.25) is 4.79 Å². The zero-order valence-electron chi connectivity index (χ0n) is 18.0. The number of benzene rings is 2. The Morgan fingerprint density at radius 2 is 1.33 bits per heavy atom. The second-order valence-electron chi connectivity index (χ2n) is 8.62. The summed E-state index contributed by atoms with van der Waals surface area (Å²) in [6.45, 7) is 15.3. The smallest absolute Gasteiger partial charge is 0.227 e. The van der Waals surface area contributed by atoms with Crippen LogP contribution in [0.2, 0.25) is 0 Å². The first-order chi connectivity index (χ1) is 12.7. The molecule has 2 rings (SSSR count). The maximum atomic E-state index is 13.0. The van der Waals surface area contributed by atoms with E-state index in [1.54, 1.807) is 0 Å². The van der Waals surface area contributed by atoms with Crippen molar-refractivity contribution < 1.29 is 4.79 Å². The highest BCUT2D eigenvalue weighted by Crippen LogP contribution is 2.36. The van der Waals surface area contributed by atoms with Crippen LogP contribution >= 0.6 is 0 Å². The molecule has 0 aliphatic carbocycles. The molecular formula is C25H35NO. The van der Waals surface area contributed by atoms with E-state index < -0.39 is 0 Å².